The summed E-state index contributed by atoms with van der Waals surface area (Å²) in [6, 6.07) is 2.17. The predicted octanol–water partition coefficient (Wildman–Crippen LogP) is 2.80. The molecule has 0 unspecified atom stereocenters. The number of hydrogen-bond donors (Lipinski definition) is 0. The van der Waals surface area contributed by atoms with Crippen molar-refractivity contribution >= 4 is 11.8 Å². The van der Waals surface area contributed by atoms with Gasteiger partial charge in [0.25, 0.3) is 0 Å². The van der Waals surface area contributed by atoms with Crippen molar-refractivity contribution in [2.75, 3.05) is 0 Å². The maximum absolute atomic E-state index is 12.4. The van der Waals surface area contributed by atoms with Gasteiger partial charge in [0.15, 0.2) is 0 Å². The molecular formula is C11H14F3N5S. The van der Waals surface area contributed by atoms with Gasteiger partial charge < -0.3 is 0 Å². The van der Waals surface area contributed by atoms with E-state index < -0.39 is 18.0 Å². The first-order chi connectivity index (χ1) is 9.49. The zero-order chi connectivity index (χ0) is 14.6. The number of aromatic nitrogens is 4. The molecule has 1 heterocycles. The molecule has 20 heavy (non-hydrogen) atoms. The van der Waals surface area contributed by atoms with Crippen molar-refractivity contribution in [1.29, 1.82) is 5.26 Å². The first kappa shape index (κ1) is 15.1. The molecule has 0 amide bonds. The van der Waals surface area contributed by atoms with Crippen LogP contribution in [0.2, 0.25) is 0 Å². The van der Waals surface area contributed by atoms with Crippen LogP contribution in [0.15, 0.2) is 5.16 Å². The highest BCUT2D eigenvalue weighted by Crippen LogP contribution is 2.35. The zero-order valence-corrected chi connectivity index (χ0v) is 11.5. The minimum absolute atomic E-state index is 0.0550. The lowest BCUT2D eigenvalue weighted by molar-refractivity contribution is -0.144. The van der Waals surface area contributed by atoms with Crippen LogP contribution in [0.4, 0.5) is 13.2 Å². The predicted molar refractivity (Wildman–Crippen MR) is 65.7 cm³/mol. The first-order valence-corrected chi connectivity index (χ1v) is 7.27. The summed E-state index contributed by atoms with van der Waals surface area (Å²) in [5, 5.41) is 19.1. The third kappa shape index (κ3) is 4.10. The van der Waals surface area contributed by atoms with Crippen LogP contribution in [-0.4, -0.2) is 31.6 Å². The van der Waals surface area contributed by atoms with Gasteiger partial charge in [0.2, 0.25) is 5.16 Å². The Morgan fingerprint density at radius 1 is 1.35 bits per heavy atom. The number of tetrazole rings is 1. The Hall–Kier alpha value is -1.30. The quantitative estimate of drug-likeness (QED) is 0.800. The molecule has 110 valence electrons. The smallest absolute Gasteiger partial charge is 0.211 e. The second-order valence-corrected chi connectivity index (χ2v) is 5.91. The van der Waals surface area contributed by atoms with Crippen LogP contribution in [0.3, 0.4) is 0 Å². The van der Waals surface area contributed by atoms with E-state index in [1.54, 1.807) is 0 Å². The lowest BCUT2D eigenvalue weighted by Crippen LogP contribution is -2.22. The molecule has 1 aromatic rings. The van der Waals surface area contributed by atoms with E-state index in [1.165, 1.54) is 0 Å². The second kappa shape index (κ2) is 6.43. The van der Waals surface area contributed by atoms with Gasteiger partial charge in [-0.15, -0.1) is 5.10 Å². The zero-order valence-electron chi connectivity index (χ0n) is 10.7. The van der Waals surface area contributed by atoms with E-state index in [0.717, 1.165) is 43.9 Å². The Morgan fingerprint density at radius 2 is 2.05 bits per heavy atom. The number of alkyl halides is 3. The Morgan fingerprint density at radius 3 is 2.65 bits per heavy atom. The van der Waals surface area contributed by atoms with Crippen molar-refractivity contribution < 1.29 is 13.2 Å². The monoisotopic (exact) mass is 305 g/mol. The van der Waals surface area contributed by atoms with E-state index in [-0.39, 0.29) is 11.1 Å². The molecule has 0 spiro atoms. The fourth-order valence-corrected chi connectivity index (χ4v) is 3.38. The van der Waals surface area contributed by atoms with E-state index in [1.807, 2.05) is 0 Å². The fourth-order valence-electron chi connectivity index (χ4n) is 2.33. The summed E-state index contributed by atoms with van der Waals surface area (Å²) >= 11 is 1.03. The minimum atomic E-state index is -4.38. The van der Waals surface area contributed by atoms with Crippen LogP contribution in [0.25, 0.3) is 0 Å². The largest absolute Gasteiger partial charge is 0.408 e. The van der Waals surface area contributed by atoms with E-state index in [2.05, 4.69) is 21.6 Å². The molecule has 1 saturated carbocycles. The highest BCUT2D eigenvalue weighted by Gasteiger charge is 2.32. The van der Waals surface area contributed by atoms with Gasteiger partial charge in [0, 0.05) is 0 Å². The average molecular weight is 305 g/mol. The molecule has 5 nitrogen and oxygen atoms in total. The number of thioether (sulfide) groups is 1. The summed E-state index contributed by atoms with van der Waals surface area (Å²) in [5.74, 6) is 0.204. The number of hydrogen-bond acceptors (Lipinski definition) is 5. The SMILES string of the molecule is N#C[C@@H](Sc1nnnn1CC(F)(F)F)C1CCCCC1. The van der Waals surface area contributed by atoms with Gasteiger partial charge in [-0.3, -0.25) is 0 Å². The standard InChI is InChI=1S/C11H14F3N5S/c12-11(13,14)7-19-10(16-17-18-19)20-9(6-15)8-4-2-1-3-5-8/h8-9H,1-5,7H2/t9-/m1/s1. The molecule has 0 N–H and O–H groups in total. The highest BCUT2D eigenvalue weighted by molar-refractivity contribution is 8.00. The maximum Gasteiger partial charge on any atom is 0.408 e. The van der Waals surface area contributed by atoms with Gasteiger partial charge in [-0.05, 0) is 29.2 Å². The van der Waals surface area contributed by atoms with Crippen molar-refractivity contribution in [1.82, 2.24) is 20.2 Å². The van der Waals surface area contributed by atoms with Gasteiger partial charge in [0.1, 0.15) is 11.8 Å². The lowest BCUT2D eigenvalue weighted by Gasteiger charge is -2.24. The summed E-state index contributed by atoms with van der Waals surface area (Å²) in [6.45, 7) is -1.23. The maximum atomic E-state index is 12.4. The van der Waals surface area contributed by atoms with Crippen LogP contribution in [0.1, 0.15) is 32.1 Å². The van der Waals surface area contributed by atoms with Crippen molar-refractivity contribution in [3.63, 3.8) is 0 Å². The van der Waals surface area contributed by atoms with Gasteiger partial charge in [-0.2, -0.15) is 18.4 Å². The normalized spacial score (nSPS) is 18.7. The van der Waals surface area contributed by atoms with Gasteiger partial charge in [-0.1, -0.05) is 31.0 Å². The lowest BCUT2D eigenvalue weighted by atomic mass is 9.87. The molecular weight excluding hydrogens is 291 g/mol. The van der Waals surface area contributed by atoms with E-state index in [4.69, 9.17) is 0 Å². The summed E-state index contributed by atoms with van der Waals surface area (Å²) in [7, 11) is 0. The van der Waals surface area contributed by atoms with Gasteiger partial charge in [0.05, 0.1) is 6.07 Å². The molecule has 1 aliphatic rings. The van der Waals surface area contributed by atoms with Crippen LogP contribution in [0.5, 0.6) is 0 Å². The molecule has 1 aliphatic carbocycles. The molecule has 0 bridgehead atoms. The molecule has 0 aromatic carbocycles. The van der Waals surface area contributed by atoms with Crippen LogP contribution in [-0.2, 0) is 6.54 Å². The van der Waals surface area contributed by atoms with Crippen molar-refractivity contribution in [2.45, 2.75) is 55.2 Å². The summed E-state index contributed by atoms with van der Waals surface area (Å²) < 4.78 is 37.9. The molecule has 1 aromatic heterocycles. The number of nitrogens with zero attached hydrogens (tertiary/aromatic N) is 5. The minimum Gasteiger partial charge on any atom is -0.211 e. The van der Waals surface area contributed by atoms with E-state index in [0.29, 0.717) is 4.68 Å². The van der Waals surface area contributed by atoms with Crippen molar-refractivity contribution in [3.05, 3.63) is 0 Å². The van der Waals surface area contributed by atoms with Crippen LogP contribution in [0, 0.1) is 17.2 Å². The Kier molecular flexibility index (Phi) is 4.86. The fraction of sp³-hybridized carbons (Fsp3) is 0.818. The van der Waals surface area contributed by atoms with Gasteiger partial charge >= 0.3 is 6.18 Å². The Labute approximate surface area is 118 Å². The molecule has 0 saturated heterocycles. The Balaban J connectivity index is 2.04. The van der Waals surface area contributed by atoms with Crippen LogP contribution >= 0.6 is 11.8 Å². The van der Waals surface area contributed by atoms with Crippen molar-refractivity contribution in [2.24, 2.45) is 5.92 Å². The van der Waals surface area contributed by atoms with E-state index >= 15 is 0 Å². The third-order valence-corrected chi connectivity index (χ3v) is 4.51. The first-order valence-electron chi connectivity index (χ1n) is 6.39. The molecule has 2 rings (SSSR count). The number of rotatable bonds is 4. The van der Waals surface area contributed by atoms with E-state index in [9.17, 15) is 18.4 Å². The van der Waals surface area contributed by atoms with Gasteiger partial charge in [-0.25, -0.2) is 4.68 Å². The molecule has 0 aliphatic heterocycles. The second-order valence-electron chi connectivity index (χ2n) is 4.80. The topological polar surface area (TPSA) is 67.4 Å². The molecule has 1 atom stereocenters. The molecule has 9 heteroatoms. The molecule has 1 fully saturated rings. The summed E-state index contributed by atoms with van der Waals surface area (Å²) in [6.07, 6.45) is 0.786. The average Bonchev–Trinajstić information content (AvgIpc) is 2.82. The highest BCUT2D eigenvalue weighted by atomic mass is 32.2. The van der Waals surface area contributed by atoms with Crippen LogP contribution < -0.4 is 0 Å². The van der Waals surface area contributed by atoms with Crippen molar-refractivity contribution in [3.8, 4) is 6.07 Å². The third-order valence-electron chi connectivity index (χ3n) is 3.27. The summed E-state index contributed by atoms with van der Waals surface area (Å²) in [5.41, 5.74) is 0. The number of nitriles is 1. The number of halogens is 3. The Bertz CT molecular complexity index is 475. The molecule has 0 radical (unpaired) electrons. The summed E-state index contributed by atoms with van der Waals surface area (Å²) in [4.78, 5) is 0.